The quantitative estimate of drug-likeness (QED) is 0.314. The van der Waals surface area contributed by atoms with Crippen LogP contribution in [0.5, 0.6) is 5.88 Å². The van der Waals surface area contributed by atoms with Gasteiger partial charge in [0, 0.05) is 29.8 Å². The Morgan fingerprint density at radius 3 is 2.52 bits per heavy atom. The van der Waals surface area contributed by atoms with Gasteiger partial charge in [-0.3, -0.25) is 4.72 Å². The van der Waals surface area contributed by atoms with Crippen LogP contribution in [0.15, 0.2) is 66.0 Å². The van der Waals surface area contributed by atoms with Crippen LogP contribution in [-0.4, -0.2) is 60.2 Å². The summed E-state index contributed by atoms with van der Waals surface area (Å²) in [5.74, 6) is -2.19. The molecule has 0 bridgehead atoms. The van der Waals surface area contributed by atoms with E-state index in [1.807, 2.05) is 12.1 Å². The fourth-order valence-electron chi connectivity index (χ4n) is 4.42. The molecule has 0 atom stereocenters. The van der Waals surface area contributed by atoms with Crippen LogP contribution in [0, 0.1) is 11.6 Å². The van der Waals surface area contributed by atoms with E-state index in [0.717, 1.165) is 17.7 Å². The molecule has 2 aromatic heterocycles. The summed E-state index contributed by atoms with van der Waals surface area (Å²) >= 11 is 0. The highest BCUT2D eigenvalue weighted by molar-refractivity contribution is 7.92. The van der Waals surface area contributed by atoms with Gasteiger partial charge in [0.15, 0.2) is 0 Å². The molecular formula is C29H27F2N5O5S. The maximum atomic E-state index is 14.3. The van der Waals surface area contributed by atoms with E-state index < -0.39 is 38.2 Å². The summed E-state index contributed by atoms with van der Waals surface area (Å²) in [6, 6.07) is 9.09. The molecule has 218 valence electrons. The van der Waals surface area contributed by atoms with E-state index in [2.05, 4.69) is 19.7 Å². The zero-order chi connectivity index (χ0) is 30.2. The summed E-state index contributed by atoms with van der Waals surface area (Å²) in [6.45, 7) is 6.10. The van der Waals surface area contributed by atoms with Crippen LogP contribution in [0.2, 0.25) is 0 Å². The molecule has 0 radical (unpaired) electrons. The second-order valence-electron chi connectivity index (χ2n) is 10.5. The Labute approximate surface area is 241 Å². The molecule has 0 aliphatic carbocycles. The first-order valence-electron chi connectivity index (χ1n) is 12.8. The number of hydrogen-bond acceptors (Lipinski definition) is 8. The van der Waals surface area contributed by atoms with Gasteiger partial charge >= 0.3 is 6.09 Å². The van der Waals surface area contributed by atoms with Crippen LogP contribution >= 0.6 is 0 Å². The van der Waals surface area contributed by atoms with Crippen molar-refractivity contribution in [3.63, 3.8) is 0 Å². The Bertz CT molecular complexity index is 1840. The lowest BCUT2D eigenvalue weighted by molar-refractivity contribution is 0.0306. The Kier molecular flexibility index (Phi) is 7.54. The van der Waals surface area contributed by atoms with Crippen molar-refractivity contribution in [2.75, 3.05) is 24.9 Å². The molecule has 1 N–H and O–H groups in total. The van der Waals surface area contributed by atoms with Gasteiger partial charge in [0.2, 0.25) is 5.88 Å². The Hall–Kier alpha value is -4.65. The minimum Gasteiger partial charge on any atom is -0.480 e. The Morgan fingerprint density at radius 1 is 1.02 bits per heavy atom. The molecule has 42 heavy (non-hydrogen) atoms. The third kappa shape index (κ3) is 6.00. The molecule has 2 aromatic carbocycles. The van der Waals surface area contributed by atoms with E-state index in [4.69, 9.17) is 9.47 Å². The molecule has 0 saturated carbocycles. The largest absolute Gasteiger partial charge is 0.480 e. The number of aromatic nitrogens is 3. The topological polar surface area (TPSA) is 124 Å². The predicted molar refractivity (Wildman–Crippen MR) is 152 cm³/mol. The lowest BCUT2D eigenvalue weighted by atomic mass is 10.0. The van der Waals surface area contributed by atoms with Crippen molar-refractivity contribution in [3.8, 4) is 17.0 Å². The predicted octanol–water partition coefficient (Wildman–Crippen LogP) is 5.41. The summed E-state index contributed by atoms with van der Waals surface area (Å²) < 4.78 is 66.5. The molecule has 4 aromatic rings. The van der Waals surface area contributed by atoms with Crippen LogP contribution < -0.4 is 9.46 Å². The molecule has 0 unspecified atom stereocenters. The number of carbonyl (C=O) groups is 1. The normalized spacial score (nSPS) is 13.7. The standard InChI is InChI=1S/C29H27F2N5O5S/c1-29(2,3)41-28(37)36-10-9-18(15-36)26-21-11-17(5-7-23(21)33-16-34-26)19-12-24(27(40-4)32-14-19)35-42(38,39)25-8-6-20(30)13-22(25)31/h5-9,11-14,16,35H,10,15H2,1-4H3. The van der Waals surface area contributed by atoms with Crippen molar-refractivity contribution in [2.45, 2.75) is 31.3 Å². The van der Waals surface area contributed by atoms with Gasteiger partial charge in [0.1, 0.15) is 34.1 Å². The van der Waals surface area contributed by atoms with E-state index in [0.29, 0.717) is 46.9 Å². The molecule has 1 aliphatic heterocycles. The van der Waals surface area contributed by atoms with Crippen LogP contribution in [-0.2, 0) is 14.8 Å². The molecule has 0 spiro atoms. The molecule has 1 amide bonds. The number of methoxy groups -OCH3 is 1. The van der Waals surface area contributed by atoms with Crippen LogP contribution in [0.25, 0.3) is 27.6 Å². The second kappa shape index (κ2) is 11.0. The highest BCUT2D eigenvalue weighted by Gasteiger charge is 2.27. The average molecular weight is 596 g/mol. The maximum absolute atomic E-state index is 14.3. The van der Waals surface area contributed by atoms with Crippen LogP contribution in [0.4, 0.5) is 19.3 Å². The Balaban J connectivity index is 1.48. The minimum atomic E-state index is -4.45. The van der Waals surface area contributed by atoms with E-state index >= 15 is 0 Å². The molecule has 3 heterocycles. The first kappa shape index (κ1) is 28.9. The third-order valence-electron chi connectivity index (χ3n) is 6.32. The van der Waals surface area contributed by atoms with Crippen LogP contribution in [0.1, 0.15) is 26.5 Å². The summed E-state index contributed by atoms with van der Waals surface area (Å²) in [6.07, 6.45) is 4.44. The van der Waals surface area contributed by atoms with Crippen molar-refractivity contribution in [1.29, 1.82) is 0 Å². The summed E-state index contributed by atoms with van der Waals surface area (Å²) in [7, 11) is -3.14. The molecule has 13 heteroatoms. The zero-order valence-electron chi connectivity index (χ0n) is 23.2. The fraction of sp³-hybridized carbons (Fsp3) is 0.241. The summed E-state index contributed by atoms with van der Waals surface area (Å²) in [5, 5.41) is 0.707. The monoisotopic (exact) mass is 595 g/mol. The third-order valence-corrected chi connectivity index (χ3v) is 7.71. The number of anilines is 1. The highest BCUT2D eigenvalue weighted by atomic mass is 32.2. The van der Waals surface area contributed by atoms with E-state index in [-0.39, 0.29) is 11.6 Å². The number of pyridine rings is 1. The van der Waals surface area contributed by atoms with Gasteiger partial charge in [-0.2, -0.15) is 0 Å². The molecule has 10 nitrogen and oxygen atoms in total. The average Bonchev–Trinajstić information content (AvgIpc) is 3.41. The van der Waals surface area contributed by atoms with Gasteiger partial charge in [-0.1, -0.05) is 12.1 Å². The smallest absolute Gasteiger partial charge is 0.410 e. The zero-order valence-corrected chi connectivity index (χ0v) is 24.0. The van der Waals surface area contributed by atoms with Gasteiger partial charge in [-0.15, -0.1) is 0 Å². The fourth-order valence-corrected chi connectivity index (χ4v) is 5.53. The molecule has 0 fully saturated rings. The van der Waals surface area contributed by atoms with Crippen molar-refractivity contribution in [3.05, 3.63) is 78.4 Å². The first-order valence-corrected chi connectivity index (χ1v) is 14.3. The van der Waals surface area contributed by atoms with Crippen molar-refractivity contribution in [2.24, 2.45) is 0 Å². The van der Waals surface area contributed by atoms with Crippen LogP contribution in [0.3, 0.4) is 0 Å². The van der Waals surface area contributed by atoms with Gasteiger partial charge < -0.3 is 14.4 Å². The molecule has 5 rings (SSSR count). The van der Waals surface area contributed by atoms with E-state index in [1.165, 1.54) is 25.7 Å². The first-order chi connectivity index (χ1) is 19.8. The van der Waals surface area contributed by atoms with Gasteiger partial charge in [0.25, 0.3) is 10.0 Å². The number of rotatable bonds is 6. The number of sulfonamides is 1. The second-order valence-corrected chi connectivity index (χ2v) is 12.2. The van der Waals surface area contributed by atoms with E-state index in [9.17, 15) is 22.0 Å². The number of nitrogens with zero attached hydrogens (tertiary/aromatic N) is 4. The SMILES string of the molecule is COc1ncc(-c2ccc3ncnc(C4=CCN(C(=O)OC(C)(C)C)C4)c3c2)cc1NS(=O)(=O)c1ccc(F)cc1F. The number of ether oxygens (including phenoxy) is 2. The van der Waals surface area contributed by atoms with Crippen molar-refractivity contribution >= 4 is 38.3 Å². The number of nitrogens with one attached hydrogen (secondary N) is 1. The van der Waals surface area contributed by atoms with Crippen molar-refractivity contribution in [1.82, 2.24) is 19.9 Å². The summed E-state index contributed by atoms with van der Waals surface area (Å²) in [4.78, 5) is 26.5. The van der Waals surface area contributed by atoms with Crippen molar-refractivity contribution < 1.29 is 31.5 Å². The molecule has 1 aliphatic rings. The highest BCUT2D eigenvalue weighted by Crippen LogP contribution is 2.34. The molecular weight excluding hydrogens is 568 g/mol. The van der Waals surface area contributed by atoms with Gasteiger partial charge in [-0.25, -0.2) is 36.9 Å². The number of hydrogen-bond donors (Lipinski definition) is 1. The van der Waals surface area contributed by atoms with Gasteiger partial charge in [-0.05, 0) is 62.2 Å². The minimum absolute atomic E-state index is 0.0464. The number of benzene rings is 2. The van der Waals surface area contributed by atoms with Gasteiger partial charge in [0.05, 0.1) is 24.9 Å². The number of amides is 1. The number of carbonyl (C=O) groups excluding carboxylic acids is 1. The number of fused-ring (bicyclic) bond motifs is 1. The maximum Gasteiger partial charge on any atom is 0.410 e. The number of halogens is 2. The summed E-state index contributed by atoms with van der Waals surface area (Å²) in [5.41, 5.74) is 2.63. The van der Waals surface area contributed by atoms with E-state index in [1.54, 1.807) is 37.8 Å². The lowest BCUT2D eigenvalue weighted by Gasteiger charge is -2.24. The Morgan fingerprint density at radius 2 is 1.81 bits per heavy atom. The molecule has 0 saturated heterocycles. The lowest BCUT2D eigenvalue weighted by Crippen LogP contribution is -2.35.